The molecule has 0 unspecified atom stereocenters. The van der Waals surface area contributed by atoms with Crippen LogP contribution in [0.5, 0.6) is 0 Å². The Balaban J connectivity index is 1.49. The first-order chi connectivity index (χ1) is 15.9. The number of hydrogen-bond donors (Lipinski definition) is 1. The zero-order valence-electron chi connectivity index (χ0n) is 20.0. The molecule has 0 spiro atoms. The van der Waals surface area contributed by atoms with E-state index in [0.717, 1.165) is 41.9 Å². The van der Waals surface area contributed by atoms with Crippen LogP contribution in [0.15, 0.2) is 24.7 Å². The summed E-state index contributed by atoms with van der Waals surface area (Å²) in [5.41, 5.74) is 3.62. The van der Waals surface area contributed by atoms with Crippen molar-refractivity contribution < 1.29 is 18.0 Å². The lowest BCUT2D eigenvalue weighted by atomic mass is 9.96. The number of carbonyl (C=O) groups is 1. The quantitative estimate of drug-likeness (QED) is 0.616. The third-order valence-corrected chi connectivity index (χ3v) is 6.11. The highest BCUT2D eigenvalue weighted by atomic mass is 19.4. The highest BCUT2D eigenvalue weighted by molar-refractivity contribution is 5.80. The smallest absolute Gasteiger partial charge is 0.333 e. The molecule has 0 aromatic carbocycles. The van der Waals surface area contributed by atoms with Gasteiger partial charge in [0, 0.05) is 31.4 Å². The van der Waals surface area contributed by atoms with Crippen LogP contribution in [0.3, 0.4) is 0 Å². The highest BCUT2D eigenvalue weighted by Gasteiger charge is 2.41. The topological polar surface area (TPSA) is 75.9 Å². The number of carbonyl (C=O) groups excluding carboxylic acids is 1. The number of alkyl halides is 3. The van der Waals surface area contributed by atoms with Gasteiger partial charge in [-0.05, 0) is 42.7 Å². The molecule has 1 N–H and O–H groups in total. The van der Waals surface area contributed by atoms with Gasteiger partial charge in [-0.3, -0.25) is 9.48 Å². The van der Waals surface area contributed by atoms with Crippen LogP contribution in [0.4, 0.5) is 24.8 Å². The number of amides is 1. The van der Waals surface area contributed by atoms with Crippen molar-refractivity contribution >= 4 is 23.1 Å². The van der Waals surface area contributed by atoms with Crippen molar-refractivity contribution in [1.29, 1.82) is 0 Å². The van der Waals surface area contributed by atoms with Gasteiger partial charge in [0.2, 0.25) is 11.9 Å². The Hall–Kier alpha value is -2.91. The summed E-state index contributed by atoms with van der Waals surface area (Å²) in [6.45, 7) is 9.15. The number of aromatic nitrogens is 4. The maximum absolute atomic E-state index is 12.6. The fourth-order valence-corrected chi connectivity index (χ4v) is 4.73. The van der Waals surface area contributed by atoms with Gasteiger partial charge in [0.05, 0.1) is 30.0 Å². The molecule has 0 saturated carbocycles. The van der Waals surface area contributed by atoms with Crippen molar-refractivity contribution in [3.8, 4) is 0 Å². The van der Waals surface area contributed by atoms with Crippen LogP contribution in [0.1, 0.15) is 64.1 Å². The molecule has 2 bridgehead atoms. The van der Waals surface area contributed by atoms with Crippen LogP contribution in [-0.2, 0) is 11.3 Å². The maximum Gasteiger partial charge on any atom is 0.389 e. The third-order valence-electron chi connectivity index (χ3n) is 6.11. The van der Waals surface area contributed by atoms with E-state index < -0.39 is 24.9 Å². The first-order valence-corrected chi connectivity index (χ1v) is 11.6. The van der Waals surface area contributed by atoms with Crippen LogP contribution < -0.4 is 5.32 Å². The number of nitrogens with one attached hydrogen (secondary N) is 1. The second-order valence-corrected chi connectivity index (χ2v) is 10.4. The first-order valence-electron chi connectivity index (χ1n) is 11.6. The number of halogens is 3. The Bertz CT molecular complexity index is 1090. The van der Waals surface area contributed by atoms with Crippen LogP contribution in [0, 0.1) is 12.3 Å². The summed E-state index contributed by atoms with van der Waals surface area (Å²) in [4.78, 5) is 23.3. The van der Waals surface area contributed by atoms with Gasteiger partial charge in [0.25, 0.3) is 0 Å². The SMILES string of the molecule is Cc1cnc(Nc2cnn(CC(C)(C)C)c2)nc1C1=C[C@@H]2CC[C@H](C1)N2C(=O)CCC(F)(F)F. The summed E-state index contributed by atoms with van der Waals surface area (Å²) in [6, 6.07) is -0.275. The molecule has 4 heterocycles. The Kier molecular flexibility index (Phi) is 6.44. The molecule has 2 atom stereocenters. The highest BCUT2D eigenvalue weighted by Crippen LogP contribution is 2.39. The van der Waals surface area contributed by atoms with Gasteiger partial charge >= 0.3 is 6.18 Å². The predicted octanol–water partition coefficient (Wildman–Crippen LogP) is 5.26. The van der Waals surface area contributed by atoms with Gasteiger partial charge in [-0.2, -0.15) is 18.3 Å². The molecule has 1 amide bonds. The van der Waals surface area contributed by atoms with E-state index in [1.165, 1.54) is 0 Å². The molecular formula is C24H31F3N6O. The zero-order chi connectivity index (χ0) is 24.7. The summed E-state index contributed by atoms with van der Waals surface area (Å²) in [6.07, 6.45) is 3.62. The van der Waals surface area contributed by atoms with Gasteiger partial charge in [-0.1, -0.05) is 26.8 Å². The van der Waals surface area contributed by atoms with Gasteiger partial charge in [0.1, 0.15) is 0 Å². The number of anilines is 2. The molecule has 2 aromatic heterocycles. The molecule has 4 rings (SSSR count). The molecule has 0 radical (unpaired) electrons. The fourth-order valence-electron chi connectivity index (χ4n) is 4.73. The van der Waals surface area contributed by atoms with Crippen molar-refractivity contribution in [3.05, 3.63) is 35.9 Å². The van der Waals surface area contributed by atoms with E-state index >= 15 is 0 Å². The van der Waals surface area contributed by atoms with Crippen molar-refractivity contribution in [2.75, 3.05) is 5.32 Å². The summed E-state index contributed by atoms with van der Waals surface area (Å²) in [5.74, 6) is 0.0296. The van der Waals surface area contributed by atoms with Crippen molar-refractivity contribution in [3.63, 3.8) is 0 Å². The third kappa shape index (κ3) is 5.77. The van der Waals surface area contributed by atoms with Crippen LogP contribution >= 0.6 is 0 Å². The Morgan fingerprint density at radius 2 is 1.97 bits per heavy atom. The monoisotopic (exact) mass is 476 g/mol. The predicted molar refractivity (Wildman–Crippen MR) is 123 cm³/mol. The lowest BCUT2D eigenvalue weighted by Crippen LogP contribution is -2.43. The zero-order valence-corrected chi connectivity index (χ0v) is 20.0. The summed E-state index contributed by atoms with van der Waals surface area (Å²) in [7, 11) is 0. The molecule has 7 nitrogen and oxygen atoms in total. The molecule has 0 aliphatic carbocycles. The van der Waals surface area contributed by atoms with E-state index in [1.807, 2.05) is 23.9 Å². The van der Waals surface area contributed by atoms with Crippen LogP contribution in [0.25, 0.3) is 5.57 Å². The lowest BCUT2D eigenvalue weighted by molar-refractivity contribution is -0.150. The van der Waals surface area contributed by atoms with E-state index in [9.17, 15) is 18.0 Å². The number of hydrogen-bond acceptors (Lipinski definition) is 5. The number of aryl methyl sites for hydroxylation is 1. The molecule has 1 saturated heterocycles. The second kappa shape index (κ2) is 9.03. The van der Waals surface area contributed by atoms with Crippen molar-refractivity contribution in [2.45, 2.75) is 84.6 Å². The van der Waals surface area contributed by atoms with Gasteiger partial charge in [0.15, 0.2) is 0 Å². The number of fused-ring (bicyclic) bond motifs is 2. The number of rotatable bonds is 6. The van der Waals surface area contributed by atoms with Crippen molar-refractivity contribution in [2.24, 2.45) is 5.41 Å². The van der Waals surface area contributed by atoms with E-state index in [2.05, 4.69) is 36.2 Å². The maximum atomic E-state index is 12.6. The summed E-state index contributed by atoms with van der Waals surface area (Å²) < 4.78 is 39.6. The first kappa shape index (κ1) is 24.2. The molecular weight excluding hydrogens is 445 g/mol. The minimum absolute atomic E-state index is 0.0906. The second-order valence-electron chi connectivity index (χ2n) is 10.4. The van der Waals surface area contributed by atoms with Gasteiger partial charge in [-0.15, -0.1) is 0 Å². The molecule has 184 valence electrons. The average Bonchev–Trinajstić information content (AvgIpc) is 3.26. The fraction of sp³-hybridized carbons (Fsp3) is 0.583. The molecule has 1 fully saturated rings. The van der Waals surface area contributed by atoms with Crippen LogP contribution in [-0.4, -0.2) is 48.8 Å². The largest absolute Gasteiger partial charge is 0.389 e. The van der Waals surface area contributed by atoms with Crippen LogP contribution in [0.2, 0.25) is 0 Å². The van der Waals surface area contributed by atoms with Gasteiger partial charge < -0.3 is 10.2 Å². The Labute approximate surface area is 197 Å². The molecule has 10 heteroatoms. The minimum Gasteiger partial charge on any atom is -0.333 e. The van der Waals surface area contributed by atoms with E-state index in [0.29, 0.717) is 12.4 Å². The van der Waals surface area contributed by atoms with E-state index in [4.69, 9.17) is 4.98 Å². The minimum atomic E-state index is -4.32. The van der Waals surface area contributed by atoms with Crippen molar-refractivity contribution in [1.82, 2.24) is 24.6 Å². The average molecular weight is 477 g/mol. The summed E-state index contributed by atoms with van der Waals surface area (Å²) in [5, 5.41) is 7.60. The molecule has 2 aliphatic heterocycles. The van der Waals surface area contributed by atoms with E-state index in [-0.39, 0.29) is 17.5 Å². The normalized spacial score (nSPS) is 20.4. The van der Waals surface area contributed by atoms with E-state index in [1.54, 1.807) is 17.3 Å². The molecule has 34 heavy (non-hydrogen) atoms. The molecule has 2 aliphatic rings. The Morgan fingerprint density at radius 1 is 1.21 bits per heavy atom. The lowest BCUT2D eigenvalue weighted by Gasteiger charge is -2.34. The summed E-state index contributed by atoms with van der Waals surface area (Å²) >= 11 is 0. The Morgan fingerprint density at radius 3 is 2.65 bits per heavy atom. The molecule has 2 aromatic rings. The standard InChI is InChI=1S/C24H31F3N6O/c1-15-11-28-22(30-17-12-29-32(13-17)14-23(2,3)4)31-21(15)16-9-18-5-6-19(10-16)33(18)20(34)7-8-24(25,26)27/h9,11-13,18-19H,5-8,10,14H2,1-4H3,(H,28,30,31)/t18-,19+/m0/s1. The number of nitrogens with zero attached hydrogens (tertiary/aromatic N) is 5. The van der Waals surface area contributed by atoms with Gasteiger partial charge in [-0.25, -0.2) is 9.97 Å².